The van der Waals surface area contributed by atoms with E-state index in [1.165, 1.54) is 17.8 Å². The van der Waals surface area contributed by atoms with E-state index in [4.69, 9.17) is 11.6 Å². The number of rotatable bonds is 5. The molecule has 2 aromatic heterocycles. The van der Waals surface area contributed by atoms with E-state index in [1.807, 2.05) is 18.2 Å². The van der Waals surface area contributed by atoms with Gasteiger partial charge < -0.3 is 10.3 Å². The molecule has 7 nitrogen and oxygen atoms in total. The van der Waals surface area contributed by atoms with E-state index >= 15 is 0 Å². The predicted octanol–water partition coefficient (Wildman–Crippen LogP) is 4.90. The van der Waals surface area contributed by atoms with Gasteiger partial charge in [0.25, 0.3) is 5.56 Å². The number of anilines is 1. The fourth-order valence-electron chi connectivity index (χ4n) is 2.97. The molecule has 0 unspecified atom stereocenters. The molecule has 0 aliphatic carbocycles. The van der Waals surface area contributed by atoms with Crippen LogP contribution >= 0.6 is 23.4 Å². The predicted molar refractivity (Wildman–Crippen MR) is 120 cm³/mol. The number of hydrogen-bond acceptors (Lipinski definition) is 5. The smallest absolute Gasteiger partial charge is 0.324 e. The summed E-state index contributed by atoms with van der Waals surface area (Å²) < 4.78 is 40.4. The molecule has 0 saturated heterocycles. The van der Waals surface area contributed by atoms with Gasteiger partial charge in [-0.1, -0.05) is 41.6 Å². The average molecular weight is 494 g/mol. The Kier molecular flexibility index (Phi) is 6.17. The Morgan fingerprint density at radius 2 is 1.94 bits per heavy atom. The van der Waals surface area contributed by atoms with Crippen molar-refractivity contribution in [1.82, 2.24) is 19.7 Å². The van der Waals surface area contributed by atoms with Crippen LogP contribution in [0.25, 0.3) is 16.7 Å². The lowest BCUT2D eigenvalue weighted by Gasteiger charge is -2.14. The Labute approximate surface area is 194 Å². The molecule has 170 valence electrons. The lowest BCUT2D eigenvalue weighted by molar-refractivity contribution is -0.137. The zero-order valence-electron chi connectivity index (χ0n) is 16.9. The number of carbonyl (C=O) groups excluding carboxylic acids is 1. The number of para-hydroxylation sites is 1. The van der Waals surface area contributed by atoms with Gasteiger partial charge in [-0.05, 0) is 37.3 Å². The highest BCUT2D eigenvalue weighted by atomic mass is 35.5. The third-order valence-electron chi connectivity index (χ3n) is 4.63. The minimum atomic E-state index is -4.58. The number of nitrogens with zero attached hydrogens (tertiary/aromatic N) is 3. The second kappa shape index (κ2) is 8.91. The Balaban J connectivity index is 1.57. The molecule has 33 heavy (non-hydrogen) atoms. The number of nitrogens with one attached hydrogen (secondary N) is 2. The zero-order valence-corrected chi connectivity index (χ0v) is 18.4. The maximum absolute atomic E-state index is 13.0. The maximum Gasteiger partial charge on any atom is 0.416 e. The van der Waals surface area contributed by atoms with Crippen molar-refractivity contribution in [3.63, 3.8) is 0 Å². The van der Waals surface area contributed by atoms with Crippen LogP contribution in [0.2, 0.25) is 5.02 Å². The number of amides is 1. The van der Waals surface area contributed by atoms with Crippen molar-refractivity contribution in [2.45, 2.75) is 23.5 Å². The largest absolute Gasteiger partial charge is 0.416 e. The number of H-pyrrole nitrogens is 1. The molecule has 0 radical (unpaired) electrons. The van der Waals surface area contributed by atoms with Gasteiger partial charge in [-0.3, -0.25) is 9.59 Å². The van der Waals surface area contributed by atoms with Gasteiger partial charge in [-0.15, -0.1) is 0 Å². The first-order chi connectivity index (χ1) is 15.6. The minimum Gasteiger partial charge on any atom is -0.324 e. The summed E-state index contributed by atoms with van der Waals surface area (Å²) in [5.41, 5.74) is -0.526. The van der Waals surface area contributed by atoms with Gasteiger partial charge in [0.05, 0.1) is 33.4 Å². The first-order valence-corrected chi connectivity index (χ1v) is 10.8. The lowest BCUT2D eigenvalue weighted by atomic mass is 10.2. The summed E-state index contributed by atoms with van der Waals surface area (Å²) in [5.74, 6) is -0.611. The van der Waals surface area contributed by atoms with Gasteiger partial charge in [0.15, 0.2) is 10.8 Å². The van der Waals surface area contributed by atoms with E-state index < -0.39 is 28.5 Å². The molecule has 0 fully saturated rings. The highest BCUT2D eigenvalue weighted by molar-refractivity contribution is 8.00. The van der Waals surface area contributed by atoms with E-state index in [0.717, 1.165) is 30.0 Å². The van der Waals surface area contributed by atoms with Gasteiger partial charge in [0.2, 0.25) is 5.91 Å². The molecule has 4 rings (SSSR count). The van der Waals surface area contributed by atoms with Crippen molar-refractivity contribution in [3.05, 3.63) is 75.7 Å². The number of aromatic nitrogens is 4. The van der Waals surface area contributed by atoms with Crippen molar-refractivity contribution in [2.24, 2.45) is 0 Å². The molecule has 0 aliphatic heterocycles. The van der Waals surface area contributed by atoms with Crippen LogP contribution in [0, 0.1) is 0 Å². The summed E-state index contributed by atoms with van der Waals surface area (Å²) in [6, 6.07) is 11.7. The van der Waals surface area contributed by atoms with E-state index in [9.17, 15) is 22.8 Å². The Hall–Kier alpha value is -3.31. The van der Waals surface area contributed by atoms with Crippen LogP contribution in [-0.4, -0.2) is 30.9 Å². The molecule has 0 spiro atoms. The number of alkyl halides is 3. The number of halogens is 4. The summed E-state index contributed by atoms with van der Waals surface area (Å²) in [4.78, 5) is 32.1. The van der Waals surface area contributed by atoms with Crippen LogP contribution in [0.15, 0.2) is 64.7 Å². The fraction of sp³-hybridized carbons (Fsp3) is 0.143. The number of hydrogen-bond donors (Lipinski definition) is 2. The summed E-state index contributed by atoms with van der Waals surface area (Å²) >= 11 is 6.88. The highest BCUT2D eigenvalue weighted by Crippen LogP contribution is 2.34. The topological polar surface area (TPSA) is 92.7 Å². The van der Waals surface area contributed by atoms with Crippen LogP contribution in [0.4, 0.5) is 18.9 Å². The molecule has 0 saturated carbocycles. The number of thioether (sulfide) groups is 1. The van der Waals surface area contributed by atoms with E-state index in [2.05, 4.69) is 20.4 Å². The monoisotopic (exact) mass is 493 g/mol. The van der Waals surface area contributed by atoms with Crippen molar-refractivity contribution in [1.29, 1.82) is 0 Å². The molecule has 2 N–H and O–H groups in total. The number of benzene rings is 2. The standard InChI is InChI=1S/C21H15ClF3N5O2S/c1-11(18(31)27-16-9-12(21(23,24)25)7-8-15(16)22)33-20-28-17-14(19(32)29-20)10-26-30(17)13-5-3-2-4-6-13/h2-11H,1H3,(H,27,31)(H,28,29,32)/t11-/m0/s1. The van der Waals surface area contributed by atoms with Crippen LogP contribution in [-0.2, 0) is 11.0 Å². The van der Waals surface area contributed by atoms with Crippen molar-refractivity contribution < 1.29 is 18.0 Å². The number of carbonyl (C=O) groups is 1. The Morgan fingerprint density at radius 3 is 2.64 bits per heavy atom. The summed E-state index contributed by atoms with van der Waals surface area (Å²) in [7, 11) is 0. The summed E-state index contributed by atoms with van der Waals surface area (Å²) in [6.45, 7) is 1.53. The third kappa shape index (κ3) is 4.88. The normalized spacial score (nSPS) is 12.6. The maximum atomic E-state index is 13.0. The second-order valence-electron chi connectivity index (χ2n) is 6.94. The van der Waals surface area contributed by atoms with Crippen LogP contribution in [0.5, 0.6) is 0 Å². The van der Waals surface area contributed by atoms with Gasteiger partial charge in [0.1, 0.15) is 5.39 Å². The zero-order chi connectivity index (χ0) is 23.8. The molecule has 2 heterocycles. The third-order valence-corrected chi connectivity index (χ3v) is 5.94. The molecule has 1 atom stereocenters. The number of fused-ring (bicyclic) bond motifs is 1. The number of aromatic amines is 1. The van der Waals surface area contributed by atoms with Crippen molar-refractivity contribution in [2.75, 3.05) is 5.32 Å². The van der Waals surface area contributed by atoms with Crippen molar-refractivity contribution >= 4 is 46.0 Å². The molecule has 12 heteroatoms. The molecular formula is C21H15ClF3N5O2S. The van der Waals surface area contributed by atoms with Crippen LogP contribution in [0.1, 0.15) is 12.5 Å². The van der Waals surface area contributed by atoms with Gasteiger partial charge in [-0.2, -0.15) is 18.3 Å². The quantitative estimate of drug-likeness (QED) is 0.305. The van der Waals surface area contributed by atoms with Crippen molar-refractivity contribution in [3.8, 4) is 5.69 Å². The van der Waals surface area contributed by atoms with Crippen LogP contribution < -0.4 is 10.9 Å². The highest BCUT2D eigenvalue weighted by Gasteiger charge is 2.31. The fourth-order valence-corrected chi connectivity index (χ4v) is 3.92. The molecule has 0 aliphatic rings. The summed E-state index contributed by atoms with van der Waals surface area (Å²) in [5, 5.41) is 6.19. The molecule has 2 aromatic carbocycles. The van der Waals surface area contributed by atoms with E-state index in [1.54, 1.807) is 12.1 Å². The van der Waals surface area contributed by atoms with Crippen LogP contribution in [0.3, 0.4) is 0 Å². The van der Waals surface area contributed by atoms with E-state index in [0.29, 0.717) is 11.3 Å². The Bertz CT molecular complexity index is 1390. The van der Waals surface area contributed by atoms with Gasteiger partial charge in [0, 0.05) is 0 Å². The Morgan fingerprint density at radius 1 is 1.21 bits per heavy atom. The minimum absolute atomic E-state index is 0.0340. The van der Waals surface area contributed by atoms with Gasteiger partial charge in [-0.25, -0.2) is 9.67 Å². The SMILES string of the molecule is C[C@H](Sc1nc2c(cnn2-c2ccccc2)c(=O)[nH]1)C(=O)Nc1cc(C(F)(F)F)ccc1Cl. The molecule has 4 aromatic rings. The summed E-state index contributed by atoms with van der Waals surface area (Å²) in [6.07, 6.45) is -3.18. The second-order valence-corrected chi connectivity index (χ2v) is 8.68. The average Bonchev–Trinajstić information content (AvgIpc) is 3.19. The molecule has 0 bridgehead atoms. The lowest BCUT2D eigenvalue weighted by Crippen LogP contribution is -2.23. The first-order valence-electron chi connectivity index (χ1n) is 9.51. The molecule has 1 amide bonds. The first kappa shape index (κ1) is 22.9. The van der Waals surface area contributed by atoms with Gasteiger partial charge >= 0.3 is 6.18 Å². The van der Waals surface area contributed by atoms with E-state index in [-0.39, 0.29) is 21.3 Å². The molecular weight excluding hydrogens is 479 g/mol.